The van der Waals surface area contributed by atoms with Crippen LogP contribution in [-0.4, -0.2) is 26.2 Å². The summed E-state index contributed by atoms with van der Waals surface area (Å²) in [6.07, 6.45) is 0. The minimum absolute atomic E-state index is 0.00202. The summed E-state index contributed by atoms with van der Waals surface area (Å²) in [5.41, 5.74) is 0.338. The molecule has 0 unspecified atom stereocenters. The molecule has 0 saturated heterocycles. The van der Waals surface area contributed by atoms with Gasteiger partial charge in [-0.15, -0.1) is 0 Å². The largest absolute Gasteiger partial charge is 0.434 e. The molecule has 0 bridgehead atoms. The molecule has 2 aromatic carbocycles. The second-order valence-electron chi connectivity index (χ2n) is 5.36. The lowest BCUT2D eigenvalue weighted by atomic mass is 10.2. The van der Waals surface area contributed by atoms with Crippen molar-refractivity contribution < 1.29 is 31.4 Å². The van der Waals surface area contributed by atoms with Crippen LogP contribution in [0.2, 0.25) is 0 Å². The first kappa shape index (κ1) is 21.3. The van der Waals surface area contributed by atoms with E-state index < -0.39 is 19.0 Å². The first-order chi connectivity index (χ1) is 13.4. The number of hydrogen-bond donors (Lipinski definition) is 2. The maximum absolute atomic E-state index is 14.0. The zero-order valence-corrected chi connectivity index (χ0v) is 14.8. The van der Waals surface area contributed by atoms with E-state index in [1.807, 2.05) is 0 Å². The summed E-state index contributed by atoms with van der Waals surface area (Å²) < 4.78 is 72.6. The second-order valence-corrected chi connectivity index (χ2v) is 5.36. The average molecular weight is 403 g/mol. The van der Waals surface area contributed by atoms with Gasteiger partial charge < -0.3 is 20.1 Å². The first-order valence-electron chi connectivity index (χ1n) is 8.10. The highest BCUT2D eigenvalue weighted by Gasteiger charge is 2.14. The van der Waals surface area contributed by atoms with Crippen LogP contribution < -0.4 is 20.1 Å². The van der Waals surface area contributed by atoms with Crippen LogP contribution in [0.3, 0.4) is 0 Å². The molecular weight excluding hydrogens is 385 g/mol. The highest BCUT2D eigenvalue weighted by atomic mass is 19.3. The lowest BCUT2D eigenvalue weighted by molar-refractivity contribution is -0.0512. The second kappa shape index (κ2) is 10.3. The zero-order valence-electron chi connectivity index (χ0n) is 14.8. The molecule has 2 aromatic rings. The number of guanidine groups is 1. The van der Waals surface area contributed by atoms with Crippen molar-refractivity contribution in [1.82, 2.24) is 10.6 Å². The number of aliphatic imine (C=N–C) groups is 1. The van der Waals surface area contributed by atoms with Crippen molar-refractivity contribution in [2.75, 3.05) is 7.05 Å². The van der Waals surface area contributed by atoms with Crippen LogP contribution in [0.15, 0.2) is 47.5 Å². The molecule has 0 aromatic heterocycles. The maximum Gasteiger partial charge on any atom is 0.387 e. The van der Waals surface area contributed by atoms with Crippen LogP contribution >= 0.6 is 0 Å². The van der Waals surface area contributed by atoms with Gasteiger partial charge in [-0.05, 0) is 18.2 Å². The van der Waals surface area contributed by atoms with E-state index in [0.29, 0.717) is 5.56 Å². The summed E-state index contributed by atoms with van der Waals surface area (Å²) >= 11 is 0. The fourth-order valence-corrected chi connectivity index (χ4v) is 2.35. The number of alkyl halides is 4. The molecule has 10 heteroatoms. The Morgan fingerprint density at radius 1 is 0.893 bits per heavy atom. The fraction of sp³-hybridized carbons (Fsp3) is 0.278. The number of nitrogens with zero attached hydrogens (tertiary/aromatic N) is 1. The van der Waals surface area contributed by atoms with Gasteiger partial charge in [-0.25, -0.2) is 4.39 Å². The molecule has 0 spiro atoms. The molecule has 5 nitrogen and oxygen atoms in total. The van der Waals surface area contributed by atoms with Crippen molar-refractivity contribution in [3.05, 3.63) is 59.4 Å². The van der Waals surface area contributed by atoms with E-state index in [4.69, 9.17) is 0 Å². The Labute approximate surface area is 158 Å². The van der Waals surface area contributed by atoms with Gasteiger partial charge in [-0.1, -0.05) is 24.3 Å². The van der Waals surface area contributed by atoms with Crippen molar-refractivity contribution in [1.29, 1.82) is 0 Å². The predicted octanol–water partition coefficient (Wildman–Crippen LogP) is 3.89. The SMILES string of the molecule is CN=C(NCc1ccccc1OC(F)F)NCc1c(F)cccc1OC(F)F. The van der Waals surface area contributed by atoms with Crippen LogP contribution in [0, 0.1) is 5.82 Å². The minimum atomic E-state index is -3.09. The minimum Gasteiger partial charge on any atom is -0.434 e. The quantitative estimate of drug-likeness (QED) is 0.399. The highest BCUT2D eigenvalue weighted by molar-refractivity contribution is 5.79. The first-order valence-corrected chi connectivity index (χ1v) is 8.10. The van der Waals surface area contributed by atoms with Crippen molar-refractivity contribution in [3.8, 4) is 11.5 Å². The van der Waals surface area contributed by atoms with E-state index in [0.717, 1.165) is 6.07 Å². The van der Waals surface area contributed by atoms with Crippen LogP contribution in [0.25, 0.3) is 0 Å². The molecule has 152 valence electrons. The normalized spacial score (nSPS) is 11.6. The van der Waals surface area contributed by atoms with Crippen molar-refractivity contribution in [3.63, 3.8) is 0 Å². The number of benzene rings is 2. The Bertz CT molecular complexity index is 803. The number of halogens is 5. The highest BCUT2D eigenvalue weighted by Crippen LogP contribution is 2.23. The van der Waals surface area contributed by atoms with E-state index in [1.54, 1.807) is 18.2 Å². The number of ether oxygens (including phenoxy) is 2. The Morgan fingerprint density at radius 2 is 1.50 bits per heavy atom. The molecule has 0 aliphatic rings. The van der Waals surface area contributed by atoms with E-state index in [-0.39, 0.29) is 36.1 Å². The maximum atomic E-state index is 14.0. The van der Waals surface area contributed by atoms with E-state index in [1.165, 1.54) is 25.2 Å². The molecule has 28 heavy (non-hydrogen) atoms. The Kier molecular flexibility index (Phi) is 7.85. The van der Waals surface area contributed by atoms with Crippen molar-refractivity contribution >= 4 is 5.96 Å². The number of hydrogen-bond acceptors (Lipinski definition) is 3. The molecule has 2 rings (SSSR count). The van der Waals surface area contributed by atoms with Gasteiger partial charge in [-0.3, -0.25) is 4.99 Å². The molecule has 0 amide bonds. The Morgan fingerprint density at radius 3 is 2.18 bits per heavy atom. The Balaban J connectivity index is 2.02. The molecule has 0 aliphatic heterocycles. The summed E-state index contributed by atoms with van der Waals surface area (Å²) in [6, 6.07) is 9.78. The van der Waals surface area contributed by atoms with E-state index in [9.17, 15) is 22.0 Å². The monoisotopic (exact) mass is 403 g/mol. The third-order valence-electron chi connectivity index (χ3n) is 3.58. The fourth-order valence-electron chi connectivity index (χ4n) is 2.35. The zero-order chi connectivity index (χ0) is 20.5. The van der Waals surface area contributed by atoms with Crippen LogP contribution in [0.5, 0.6) is 11.5 Å². The van der Waals surface area contributed by atoms with Gasteiger partial charge in [-0.2, -0.15) is 17.6 Å². The molecule has 0 radical (unpaired) electrons. The van der Waals surface area contributed by atoms with E-state index >= 15 is 0 Å². The molecule has 0 saturated carbocycles. The summed E-state index contributed by atoms with van der Waals surface area (Å²) in [4.78, 5) is 3.92. The molecule has 0 fully saturated rings. The molecular formula is C18H18F5N3O2. The lowest BCUT2D eigenvalue weighted by Gasteiger charge is -2.16. The third-order valence-corrected chi connectivity index (χ3v) is 3.58. The van der Waals surface area contributed by atoms with Gasteiger partial charge in [0.05, 0.1) is 0 Å². The van der Waals surface area contributed by atoms with Gasteiger partial charge in [0.2, 0.25) is 0 Å². The predicted molar refractivity (Wildman–Crippen MR) is 93.1 cm³/mol. The average Bonchev–Trinajstić information content (AvgIpc) is 2.64. The Hall–Kier alpha value is -3.04. The van der Waals surface area contributed by atoms with Crippen LogP contribution in [-0.2, 0) is 13.1 Å². The van der Waals surface area contributed by atoms with Crippen molar-refractivity contribution in [2.24, 2.45) is 4.99 Å². The number of para-hydroxylation sites is 1. The van der Waals surface area contributed by atoms with Crippen LogP contribution in [0.4, 0.5) is 22.0 Å². The van der Waals surface area contributed by atoms with Gasteiger partial charge >= 0.3 is 13.2 Å². The van der Waals surface area contributed by atoms with Gasteiger partial charge in [0.15, 0.2) is 5.96 Å². The molecule has 0 heterocycles. The lowest BCUT2D eigenvalue weighted by Crippen LogP contribution is -2.36. The topological polar surface area (TPSA) is 54.9 Å². The third kappa shape index (κ3) is 6.29. The summed E-state index contributed by atoms with van der Waals surface area (Å²) in [5.74, 6) is -0.828. The van der Waals surface area contributed by atoms with Gasteiger partial charge in [0.1, 0.15) is 17.3 Å². The van der Waals surface area contributed by atoms with Crippen molar-refractivity contribution in [2.45, 2.75) is 26.3 Å². The summed E-state index contributed by atoms with van der Waals surface area (Å²) in [7, 11) is 1.44. The molecule has 0 atom stereocenters. The van der Waals surface area contributed by atoms with Crippen LogP contribution in [0.1, 0.15) is 11.1 Å². The molecule has 0 aliphatic carbocycles. The summed E-state index contributed by atoms with van der Waals surface area (Å²) in [5, 5.41) is 5.61. The summed E-state index contributed by atoms with van der Waals surface area (Å²) in [6.45, 7) is -6.17. The van der Waals surface area contributed by atoms with E-state index in [2.05, 4.69) is 25.1 Å². The van der Waals surface area contributed by atoms with Gasteiger partial charge in [0, 0.05) is 31.3 Å². The number of nitrogens with one attached hydrogen (secondary N) is 2. The number of rotatable bonds is 8. The van der Waals surface area contributed by atoms with Gasteiger partial charge in [0.25, 0.3) is 0 Å². The standard InChI is InChI=1S/C18H18F5N3O2/c1-24-18(25-9-11-5-2-3-7-14(11)27-16(20)21)26-10-12-13(19)6-4-8-15(12)28-17(22)23/h2-8,16-17H,9-10H2,1H3,(H2,24,25,26). The smallest absolute Gasteiger partial charge is 0.387 e. The molecule has 2 N–H and O–H groups in total.